The molecule has 3 nitrogen and oxygen atoms in total. The van der Waals surface area contributed by atoms with E-state index >= 15 is 0 Å². The Kier molecular flexibility index (Phi) is 3.53. The highest BCUT2D eigenvalue weighted by molar-refractivity contribution is 7.80. The van der Waals surface area contributed by atoms with Crippen LogP contribution in [0.25, 0.3) is 0 Å². The Hall–Kier alpha value is -2.01. The molecule has 0 aliphatic carbocycles. The fourth-order valence-corrected chi connectivity index (χ4v) is 1.87. The molecule has 0 amide bonds. The molecular formula is C13H12FN3S. The Morgan fingerprint density at radius 1 is 1.39 bits per heavy atom. The number of benzene rings is 1. The van der Waals surface area contributed by atoms with E-state index < -0.39 is 5.82 Å². The molecule has 3 N–H and O–H groups in total. The second-order valence-electron chi connectivity index (χ2n) is 3.90. The van der Waals surface area contributed by atoms with Crippen LogP contribution < -0.4 is 11.1 Å². The summed E-state index contributed by atoms with van der Waals surface area (Å²) < 4.78 is 13.7. The van der Waals surface area contributed by atoms with Gasteiger partial charge in [0.2, 0.25) is 0 Å². The first-order chi connectivity index (χ1) is 8.58. The van der Waals surface area contributed by atoms with Crippen molar-refractivity contribution < 1.29 is 4.39 Å². The lowest BCUT2D eigenvalue weighted by Gasteiger charge is -2.11. The molecule has 0 saturated heterocycles. The van der Waals surface area contributed by atoms with Crippen molar-refractivity contribution in [1.29, 1.82) is 0 Å². The zero-order chi connectivity index (χ0) is 13.1. The number of hydrogen-bond donors (Lipinski definition) is 2. The molecule has 5 heteroatoms. The molecule has 0 aliphatic rings. The Morgan fingerprint density at radius 3 is 2.83 bits per heavy atom. The number of halogens is 1. The normalized spacial score (nSPS) is 10.1. The molecule has 1 aromatic carbocycles. The van der Waals surface area contributed by atoms with Gasteiger partial charge in [0.1, 0.15) is 10.8 Å². The molecule has 18 heavy (non-hydrogen) atoms. The summed E-state index contributed by atoms with van der Waals surface area (Å²) in [5.41, 5.74) is 8.06. The molecule has 0 unspecified atom stereocenters. The predicted octanol–water partition coefficient (Wildman–Crippen LogP) is 2.91. The number of hydrogen-bond acceptors (Lipinski definition) is 3. The molecule has 0 spiro atoms. The first kappa shape index (κ1) is 12.4. The zero-order valence-electron chi connectivity index (χ0n) is 9.77. The van der Waals surface area contributed by atoms with Crippen molar-refractivity contribution >= 4 is 28.6 Å². The highest BCUT2D eigenvalue weighted by Gasteiger charge is 2.11. The number of nitrogens with zero attached hydrogens (tertiary/aromatic N) is 1. The molecular weight excluding hydrogens is 249 g/mol. The Balaban J connectivity index is 2.40. The number of aromatic nitrogens is 1. The molecule has 0 bridgehead atoms. The van der Waals surface area contributed by atoms with Crippen molar-refractivity contribution in [3.8, 4) is 0 Å². The van der Waals surface area contributed by atoms with E-state index in [-0.39, 0.29) is 10.6 Å². The van der Waals surface area contributed by atoms with Crippen molar-refractivity contribution in [2.45, 2.75) is 6.92 Å². The molecule has 0 fully saturated rings. The fraction of sp³-hybridized carbons (Fsp3) is 0.0769. The first-order valence-electron chi connectivity index (χ1n) is 5.35. The van der Waals surface area contributed by atoms with Gasteiger partial charge < -0.3 is 11.1 Å². The maximum absolute atomic E-state index is 13.7. The van der Waals surface area contributed by atoms with Gasteiger partial charge in [-0.05, 0) is 30.7 Å². The minimum atomic E-state index is -0.437. The summed E-state index contributed by atoms with van der Waals surface area (Å²) in [6.45, 7) is 1.93. The second kappa shape index (κ2) is 5.10. The van der Waals surface area contributed by atoms with Crippen molar-refractivity contribution in [1.82, 2.24) is 4.98 Å². The molecule has 2 aromatic rings. The molecule has 0 radical (unpaired) electrons. The predicted molar refractivity (Wildman–Crippen MR) is 74.5 cm³/mol. The van der Waals surface area contributed by atoms with Crippen molar-refractivity contribution in [2.24, 2.45) is 5.73 Å². The highest BCUT2D eigenvalue weighted by Crippen LogP contribution is 2.23. The van der Waals surface area contributed by atoms with Gasteiger partial charge in [-0.3, -0.25) is 4.98 Å². The third-order valence-electron chi connectivity index (χ3n) is 2.41. The van der Waals surface area contributed by atoms with Gasteiger partial charge in [-0.2, -0.15) is 0 Å². The quantitative estimate of drug-likeness (QED) is 0.834. The van der Waals surface area contributed by atoms with E-state index in [1.54, 1.807) is 24.5 Å². The summed E-state index contributed by atoms with van der Waals surface area (Å²) in [6, 6.07) is 6.55. The summed E-state index contributed by atoms with van der Waals surface area (Å²) in [6.07, 6.45) is 3.40. The molecule has 0 aliphatic heterocycles. The van der Waals surface area contributed by atoms with Gasteiger partial charge in [0.05, 0.1) is 23.1 Å². The summed E-state index contributed by atoms with van der Waals surface area (Å²) in [5.74, 6) is -0.437. The number of anilines is 2. The van der Waals surface area contributed by atoms with Gasteiger partial charge in [-0.15, -0.1) is 0 Å². The number of thiocarbonyl (C=S) groups is 1. The number of pyridine rings is 1. The van der Waals surface area contributed by atoms with Crippen molar-refractivity contribution in [3.05, 3.63) is 53.6 Å². The largest absolute Gasteiger partial charge is 0.389 e. The summed E-state index contributed by atoms with van der Waals surface area (Å²) in [4.78, 5) is 4.08. The van der Waals surface area contributed by atoms with Gasteiger partial charge in [-0.1, -0.05) is 18.3 Å². The van der Waals surface area contributed by atoms with Crippen LogP contribution in [-0.2, 0) is 0 Å². The van der Waals surface area contributed by atoms with Crippen molar-refractivity contribution in [3.63, 3.8) is 0 Å². The lowest BCUT2D eigenvalue weighted by atomic mass is 10.1. The smallest absolute Gasteiger partial charge is 0.135 e. The van der Waals surface area contributed by atoms with Gasteiger partial charge >= 0.3 is 0 Å². The van der Waals surface area contributed by atoms with E-state index in [4.69, 9.17) is 18.0 Å². The molecule has 1 heterocycles. The zero-order valence-corrected chi connectivity index (χ0v) is 10.6. The van der Waals surface area contributed by atoms with Gasteiger partial charge in [-0.25, -0.2) is 4.39 Å². The summed E-state index contributed by atoms with van der Waals surface area (Å²) >= 11 is 4.86. The van der Waals surface area contributed by atoms with Crippen LogP contribution in [0.2, 0.25) is 0 Å². The average Bonchev–Trinajstić information content (AvgIpc) is 2.28. The standard InChI is InChI=1S/C13H12FN3S/c1-8-5-9(7-16-6-8)17-11-4-2-3-10(14)12(11)13(15)18/h2-7,17H,1H3,(H2,15,18). The van der Waals surface area contributed by atoms with E-state index in [1.165, 1.54) is 6.07 Å². The van der Waals surface area contributed by atoms with Crippen LogP contribution in [0.3, 0.4) is 0 Å². The summed E-state index contributed by atoms with van der Waals surface area (Å²) in [7, 11) is 0. The third-order valence-corrected chi connectivity index (χ3v) is 2.62. The molecule has 0 atom stereocenters. The number of nitrogens with two attached hydrogens (primary N) is 1. The van der Waals surface area contributed by atoms with Crippen LogP contribution in [0.15, 0.2) is 36.7 Å². The van der Waals surface area contributed by atoms with E-state index in [0.717, 1.165) is 11.3 Å². The van der Waals surface area contributed by atoms with Gasteiger partial charge in [0.25, 0.3) is 0 Å². The number of aryl methyl sites for hydroxylation is 1. The highest BCUT2D eigenvalue weighted by atomic mass is 32.1. The average molecular weight is 261 g/mol. The Bertz CT molecular complexity index is 599. The summed E-state index contributed by atoms with van der Waals surface area (Å²) in [5, 5.41) is 3.07. The second-order valence-corrected chi connectivity index (χ2v) is 4.34. The molecule has 0 saturated carbocycles. The van der Waals surface area contributed by atoms with Crippen LogP contribution >= 0.6 is 12.2 Å². The van der Waals surface area contributed by atoms with E-state index in [1.807, 2.05) is 13.0 Å². The lowest BCUT2D eigenvalue weighted by Crippen LogP contribution is -2.14. The third kappa shape index (κ3) is 2.62. The van der Waals surface area contributed by atoms with E-state index in [2.05, 4.69) is 10.3 Å². The molecule has 92 valence electrons. The number of nitrogens with one attached hydrogen (secondary N) is 1. The fourth-order valence-electron chi connectivity index (χ4n) is 1.66. The van der Waals surface area contributed by atoms with Gasteiger partial charge in [0.15, 0.2) is 0 Å². The van der Waals surface area contributed by atoms with Crippen LogP contribution in [-0.4, -0.2) is 9.97 Å². The first-order valence-corrected chi connectivity index (χ1v) is 5.76. The van der Waals surface area contributed by atoms with Crippen LogP contribution in [0, 0.1) is 12.7 Å². The Labute approximate surface area is 110 Å². The molecule has 1 aromatic heterocycles. The van der Waals surface area contributed by atoms with Crippen LogP contribution in [0.1, 0.15) is 11.1 Å². The maximum Gasteiger partial charge on any atom is 0.135 e. The lowest BCUT2D eigenvalue weighted by molar-refractivity contribution is 0.626. The monoisotopic (exact) mass is 261 g/mol. The van der Waals surface area contributed by atoms with Crippen LogP contribution in [0.5, 0.6) is 0 Å². The maximum atomic E-state index is 13.7. The minimum Gasteiger partial charge on any atom is -0.389 e. The van der Waals surface area contributed by atoms with Crippen LogP contribution in [0.4, 0.5) is 15.8 Å². The van der Waals surface area contributed by atoms with Crippen molar-refractivity contribution in [2.75, 3.05) is 5.32 Å². The topological polar surface area (TPSA) is 50.9 Å². The SMILES string of the molecule is Cc1cncc(Nc2cccc(F)c2C(N)=S)c1. The minimum absolute atomic E-state index is 0.0243. The number of rotatable bonds is 3. The van der Waals surface area contributed by atoms with E-state index in [0.29, 0.717) is 5.69 Å². The molecule has 2 rings (SSSR count). The van der Waals surface area contributed by atoms with Gasteiger partial charge in [0, 0.05) is 6.20 Å². The Morgan fingerprint density at radius 2 is 2.17 bits per heavy atom. The van der Waals surface area contributed by atoms with E-state index in [9.17, 15) is 4.39 Å².